The Morgan fingerprint density at radius 1 is 1.18 bits per heavy atom. The SMILES string of the molecule is Nc1nc(NCc2cccc3ccccc23)ncc1[N+](=O)[O-]. The monoisotopic (exact) mass is 295 g/mol. The molecule has 0 aliphatic carbocycles. The summed E-state index contributed by atoms with van der Waals surface area (Å²) in [5.41, 5.74) is 6.34. The zero-order valence-electron chi connectivity index (χ0n) is 11.6. The van der Waals surface area contributed by atoms with E-state index in [0.717, 1.165) is 22.5 Å². The first-order chi connectivity index (χ1) is 10.6. The van der Waals surface area contributed by atoms with Crippen molar-refractivity contribution in [2.45, 2.75) is 6.54 Å². The van der Waals surface area contributed by atoms with Crippen molar-refractivity contribution in [3.05, 3.63) is 64.3 Å². The molecule has 110 valence electrons. The van der Waals surface area contributed by atoms with Gasteiger partial charge >= 0.3 is 5.69 Å². The molecule has 0 amide bonds. The molecule has 0 aliphatic rings. The van der Waals surface area contributed by atoms with Gasteiger partial charge in [-0.25, -0.2) is 4.98 Å². The fraction of sp³-hybridized carbons (Fsp3) is 0.0667. The maximum absolute atomic E-state index is 10.7. The van der Waals surface area contributed by atoms with Crippen molar-refractivity contribution < 1.29 is 4.92 Å². The molecule has 0 saturated carbocycles. The average Bonchev–Trinajstić information content (AvgIpc) is 2.52. The summed E-state index contributed by atoms with van der Waals surface area (Å²) >= 11 is 0. The molecule has 0 aliphatic heterocycles. The van der Waals surface area contributed by atoms with Gasteiger partial charge in [0.15, 0.2) is 0 Å². The van der Waals surface area contributed by atoms with E-state index in [-0.39, 0.29) is 17.5 Å². The Morgan fingerprint density at radius 3 is 2.73 bits per heavy atom. The summed E-state index contributed by atoms with van der Waals surface area (Å²) < 4.78 is 0. The predicted octanol–water partition coefficient (Wildman–Crippen LogP) is 2.73. The van der Waals surface area contributed by atoms with Gasteiger partial charge in [-0.05, 0) is 16.3 Å². The Hall–Kier alpha value is -3.22. The molecular formula is C15H13N5O2. The van der Waals surface area contributed by atoms with Crippen LogP contribution in [0.4, 0.5) is 17.5 Å². The van der Waals surface area contributed by atoms with Gasteiger partial charge in [0, 0.05) is 6.54 Å². The highest BCUT2D eigenvalue weighted by molar-refractivity contribution is 5.85. The maximum Gasteiger partial charge on any atom is 0.329 e. The van der Waals surface area contributed by atoms with Crippen LogP contribution >= 0.6 is 0 Å². The van der Waals surface area contributed by atoms with Crippen molar-refractivity contribution in [1.82, 2.24) is 9.97 Å². The van der Waals surface area contributed by atoms with Crippen LogP contribution in [0.25, 0.3) is 10.8 Å². The van der Waals surface area contributed by atoms with Crippen LogP contribution in [0.2, 0.25) is 0 Å². The van der Waals surface area contributed by atoms with Crippen LogP contribution in [0.3, 0.4) is 0 Å². The number of nitrogens with two attached hydrogens (primary N) is 1. The summed E-state index contributed by atoms with van der Waals surface area (Å²) in [6.45, 7) is 0.499. The van der Waals surface area contributed by atoms with Crippen LogP contribution in [-0.4, -0.2) is 14.9 Å². The van der Waals surface area contributed by atoms with Gasteiger partial charge < -0.3 is 11.1 Å². The molecule has 0 bridgehead atoms. The summed E-state index contributed by atoms with van der Waals surface area (Å²) in [5, 5.41) is 16.0. The summed E-state index contributed by atoms with van der Waals surface area (Å²) in [5.74, 6) is 0.108. The maximum atomic E-state index is 10.7. The van der Waals surface area contributed by atoms with Gasteiger partial charge in [-0.1, -0.05) is 42.5 Å². The Balaban J connectivity index is 1.82. The number of nitrogens with zero attached hydrogens (tertiary/aromatic N) is 3. The van der Waals surface area contributed by atoms with Crippen LogP contribution in [0.15, 0.2) is 48.7 Å². The van der Waals surface area contributed by atoms with Crippen molar-refractivity contribution in [2.24, 2.45) is 0 Å². The van der Waals surface area contributed by atoms with Crippen LogP contribution < -0.4 is 11.1 Å². The fourth-order valence-corrected chi connectivity index (χ4v) is 2.24. The molecule has 3 N–H and O–H groups in total. The number of hydrogen-bond donors (Lipinski definition) is 2. The standard InChI is InChI=1S/C15H13N5O2/c16-14-13(20(21)22)9-18-15(19-14)17-8-11-6-3-5-10-4-1-2-7-12(10)11/h1-7,9H,8H2,(H3,16,17,18,19). The van der Waals surface area contributed by atoms with Gasteiger partial charge in [0.25, 0.3) is 0 Å². The van der Waals surface area contributed by atoms with E-state index >= 15 is 0 Å². The first-order valence-corrected chi connectivity index (χ1v) is 6.62. The summed E-state index contributed by atoms with van der Waals surface area (Å²) in [4.78, 5) is 17.9. The molecule has 7 nitrogen and oxygen atoms in total. The van der Waals surface area contributed by atoms with E-state index in [0.29, 0.717) is 6.54 Å². The Morgan fingerprint density at radius 2 is 1.95 bits per heavy atom. The lowest BCUT2D eigenvalue weighted by Gasteiger charge is -2.08. The van der Waals surface area contributed by atoms with Gasteiger partial charge in [0.2, 0.25) is 11.8 Å². The lowest BCUT2D eigenvalue weighted by atomic mass is 10.0. The number of anilines is 2. The van der Waals surface area contributed by atoms with Crippen molar-refractivity contribution in [3.63, 3.8) is 0 Å². The molecular weight excluding hydrogens is 282 g/mol. The fourth-order valence-electron chi connectivity index (χ4n) is 2.24. The molecule has 22 heavy (non-hydrogen) atoms. The molecule has 0 unspecified atom stereocenters. The Bertz CT molecular complexity index is 845. The van der Waals surface area contributed by atoms with Crippen molar-refractivity contribution in [2.75, 3.05) is 11.1 Å². The second-order valence-corrected chi connectivity index (χ2v) is 4.71. The number of nitrogen functional groups attached to an aromatic ring is 1. The molecule has 0 saturated heterocycles. The molecule has 1 aromatic heterocycles. The first kappa shape index (κ1) is 13.7. The zero-order chi connectivity index (χ0) is 15.5. The van der Waals surface area contributed by atoms with E-state index in [1.807, 2.05) is 42.5 Å². The normalized spacial score (nSPS) is 10.5. The molecule has 0 atom stereocenters. The Labute approximate surface area is 126 Å². The van der Waals surface area contributed by atoms with Gasteiger partial charge in [-0.15, -0.1) is 0 Å². The zero-order valence-corrected chi connectivity index (χ0v) is 11.6. The molecule has 7 heteroatoms. The lowest BCUT2D eigenvalue weighted by Crippen LogP contribution is -2.07. The van der Waals surface area contributed by atoms with E-state index in [4.69, 9.17) is 5.73 Å². The number of hydrogen-bond acceptors (Lipinski definition) is 6. The third-order valence-electron chi connectivity index (χ3n) is 3.31. The lowest BCUT2D eigenvalue weighted by molar-refractivity contribution is -0.384. The number of nitro groups is 1. The van der Waals surface area contributed by atoms with Crippen LogP contribution in [-0.2, 0) is 6.54 Å². The number of aromatic nitrogens is 2. The number of fused-ring (bicyclic) bond motifs is 1. The van der Waals surface area contributed by atoms with Crippen LogP contribution in [0.1, 0.15) is 5.56 Å². The van der Waals surface area contributed by atoms with Gasteiger partial charge in [0.05, 0.1) is 4.92 Å². The predicted molar refractivity (Wildman–Crippen MR) is 84.4 cm³/mol. The van der Waals surface area contributed by atoms with Gasteiger partial charge in [-0.2, -0.15) is 4.98 Å². The van der Waals surface area contributed by atoms with Crippen LogP contribution in [0, 0.1) is 10.1 Å². The summed E-state index contributed by atoms with van der Waals surface area (Å²) in [6, 6.07) is 14.1. The van der Waals surface area contributed by atoms with E-state index < -0.39 is 4.92 Å². The second-order valence-electron chi connectivity index (χ2n) is 4.71. The average molecular weight is 295 g/mol. The van der Waals surface area contributed by atoms with E-state index in [1.54, 1.807) is 0 Å². The highest BCUT2D eigenvalue weighted by Crippen LogP contribution is 2.21. The minimum atomic E-state index is -0.607. The minimum Gasteiger partial charge on any atom is -0.378 e. The molecule has 2 aromatic carbocycles. The summed E-state index contributed by atoms with van der Waals surface area (Å²) in [6.07, 6.45) is 1.10. The number of nitrogens with one attached hydrogen (secondary N) is 1. The first-order valence-electron chi connectivity index (χ1n) is 6.62. The second kappa shape index (κ2) is 5.65. The summed E-state index contributed by atoms with van der Waals surface area (Å²) in [7, 11) is 0. The largest absolute Gasteiger partial charge is 0.378 e. The third-order valence-corrected chi connectivity index (χ3v) is 3.31. The smallest absolute Gasteiger partial charge is 0.329 e. The molecule has 1 heterocycles. The Kier molecular flexibility index (Phi) is 3.53. The van der Waals surface area contributed by atoms with Crippen LogP contribution in [0.5, 0.6) is 0 Å². The number of rotatable bonds is 4. The number of benzene rings is 2. The van der Waals surface area contributed by atoms with Crippen molar-refractivity contribution in [1.29, 1.82) is 0 Å². The van der Waals surface area contributed by atoms with Gasteiger partial charge in [0.1, 0.15) is 6.20 Å². The van der Waals surface area contributed by atoms with E-state index in [2.05, 4.69) is 15.3 Å². The molecule has 3 aromatic rings. The minimum absolute atomic E-state index is 0.152. The highest BCUT2D eigenvalue weighted by atomic mass is 16.6. The van der Waals surface area contributed by atoms with Crippen molar-refractivity contribution in [3.8, 4) is 0 Å². The molecule has 0 spiro atoms. The van der Waals surface area contributed by atoms with Gasteiger partial charge in [-0.3, -0.25) is 10.1 Å². The highest BCUT2D eigenvalue weighted by Gasteiger charge is 2.14. The van der Waals surface area contributed by atoms with E-state index in [1.165, 1.54) is 0 Å². The van der Waals surface area contributed by atoms with E-state index in [9.17, 15) is 10.1 Å². The topological polar surface area (TPSA) is 107 Å². The molecule has 0 radical (unpaired) electrons. The molecule has 3 rings (SSSR count). The third kappa shape index (κ3) is 2.64. The van der Waals surface area contributed by atoms with Crippen molar-refractivity contribution >= 4 is 28.2 Å². The quantitative estimate of drug-likeness (QED) is 0.566. The molecule has 0 fully saturated rings.